The molecule has 23 heavy (non-hydrogen) atoms. The fraction of sp³-hybridized carbons (Fsp3) is 0.529. The molecular formula is C17H21BrN2O3. The lowest BCUT2D eigenvalue weighted by molar-refractivity contribution is -0.142. The van der Waals surface area contributed by atoms with Gasteiger partial charge in [0.15, 0.2) is 0 Å². The Bertz CT molecular complexity index is 608. The van der Waals surface area contributed by atoms with Gasteiger partial charge in [0.05, 0.1) is 11.5 Å². The van der Waals surface area contributed by atoms with E-state index in [0.717, 1.165) is 35.7 Å². The maximum absolute atomic E-state index is 12.3. The number of rotatable bonds is 4. The summed E-state index contributed by atoms with van der Waals surface area (Å²) in [7, 11) is 0. The predicted octanol–water partition coefficient (Wildman–Crippen LogP) is 3.38. The zero-order chi connectivity index (χ0) is 16.4. The maximum atomic E-state index is 12.3. The normalized spacial score (nSPS) is 25.4. The lowest BCUT2D eigenvalue weighted by Gasteiger charge is -2.28. The highest BCUT2D eigenvalue weighted by Gasteiger charge is 2.46. The molecule has 2 aliphatic rings. The molecular weight excluding hydrogens is 360 g/mol. The number of hydrogen-bond donors (Lipinski definition) is 3. The monoisotopic (exact) mass is 380 g/mol. The van der Waals surface area contributed by atoms with E-state index in [9.17, 15) is 9.59 Å². The van der Waals surface area contributed by atoms with Gasteiger partial charge < -0.3 is 15.7 Å². The minimum Gasteiger partial charge on any atom is -0.481 e. The van der Waals surface area contributed by atoms with Gasteiger partial charge in [-0.2, -0.15) is 0 Å². The fourth-order valence-corrected chi connectivity index (χ4v) is 3.72. The minimum absolute atomic E-state index is 0.0731. The summed E-state index contributed by atoms with van der Waals surface area (Å²) in [6.07, 6.45) is 4.63. The van der Waals surface area contributed by atoms with Crippen molar-refractivity contribution >= 4 is 27.9 Å². The molecule has 5 nitrogen and oxygen atoms in total. The van der Waals surface area contributed by atoms with Gasteiger partial charge in [-0.1, -0.05) is 28.1 Å². The highest BCUT2D eigenvalue weighted by molar-refractivity contribution is 9.10. The van der Waals surface area contributed by atoms with E-state index in [1.807, 2.05) is 24.3 Å². The first kappa shape index (κ1) is 16.3. The molecule has 3 N–H and O–H groups in total. The number of carbonyl (C=O) groups excluding carboxylic acids is 1. The van der Waals surface area contributed by atoms with Crippen molar-refractivity contribution in [2.75, 3.05) is 0 Å². The molecule has 0 aliphatic heterocycles. The molecule has 0 bridgehead atoms. The van der Waals surface area contributed by atoms with Crippen LogP contribution in [-0.4, -0.2) is 23.1 Å². The number of halogens is 1. The lowest BCUT2D eigenvalue weighted by Crippen LogP contribution is -2.47. The number of benzene rings is 1. The van der Waals surface area contributed by atoms with Gasteiger partial charge in [0.1, 0.15) is 0 Å². The van der Waals surface area contributed by atoms with Gasteiger partial charge >= 0.3 is 12.0 Å². The van der Waals surface area contributed by atoms with E-state index < -0.39 is 5.97 Å². The summed E-state index contributed by atoms with van der Waals surface area (Å²) in [5.41, 5.74) is 0.878. The topological polar surface area (TPSA) is 78.4 Å². The second-order valence-electron chi connectivity index (χ2n) is 6.58. The average Bonchev–Trinajstić information content (AvgIpc) is 3.28. The van der Waals surface area contributed by atoms with Crippen molar-refractivity contribution in [1.82, 2.24) is 10.6 Å². The van der Waals surface area contributed by atoms with Crippen LogP contribution in [0.4, 0.5) is 4.79 Å². The van der Waals surface area contributed by atoms with Crippen molar-refractivity contribution in [1.29, 1.82) is 0 Å². The van der Waals surface area contributed by atoms with Crippen molar-refractivity contribution < 1.29 is 14.7 Å². The van der Waals surface area contributed by atoms with E-state index in [1.54, 1.807) is 0 Å². The van der Waals surface area contributed by atoms with Crippen LogP contribution < -0.4 is 10.6 Å². The van der Waals surface area contributed by atoms with E-state index in [2.05, 4.69) is 26.6 Å². The van der Waals surface area contributed by atoms with Gasteiger partial charge in [0.2, 0.25) is 0 Å². The molecule has 0 unspecified atom stereocenters. The molecule has 2 aliphatic carbocycles. The summed E-state index contributed by atoms with van der Waals surface area (Å²) in [5.74, 6) is -0.980. The number of carboxylic acid groups (broad SMARTS) is 1. The fourth-order valence-electron chi connectivity index (χ4n) is 3.32. The van der Waals surface area contributed by atoms with Crippen molar-refractivity contribution in [3.05, 3.63) is 34.3 Å². The van der Waals surface area contributed by atoms with Crippen molar-refractivity contribution in [3.8, 4) is 0 Å². The van der Waals surface area contributed by atoms with E-state index in [4.69, 9.17) is 5.11 Å². The maximum Gasteiger partial charge on any atom is 0.315 e. The quantitative estimate of drug-likeness (QED) is 0.748. The van der Waals surface area contributed by atoms with Crippen LogP contribution in [0.2, 0.25) is 0 Å². The van der Waals surface area contributed by atoms with E-state index in [0.29, 0.717) is 12.8 Å². The minimum atomic E-state index is -0.723. The van der Waals surface area contributed by atoms with Gasteiger partial charge in [0.25, 0.3) is 0 Å². The number of urea groups is 1. The van der Waals surface area contributed by atoms with Gasteiger partial charge in [-0.15, -0.1) is 0 Å². The molecule has 124 valence electrons. The van der Waals surface area contributed by atoms with Gasteiger partial charge in [0, 0.05) is 10.5 Å². The Morgan fingerprint density at radius 3 is 2.43 bits per heavy atom. The number of carbonyl (C=O) groups is 2. The zero-order valence-electron chi connectivity index (χ0n) is 12.8. The highest BCUT2D eigenvalue weighted by Crippen LogP contribution is 2.46. The largest absolute Gasteiger partial charge is 0.481 e. The summed E-state index contributed by atoms with van der Waals surface area (Å²) in [4.78, 5) is 23.3. The first-order chi connectivity index (χ1) is 11.0. The standard InChI is InChI=1S/C17H21BrN2O3/c18-13-3-1-2-12(10-13)17(8-9-17)20-16(23)19-14-6-4-11(5-7-14)15(21)22/h1-3,10-11,14H,4-9H2,(H,21,22)(H2,19,20,23). The second kappa shape index (κ2) is 6.51. The highest BCUT2D eigenvalue weighted by atomic mass is 79.9. The Hall–Kier alpha value is -1.56. The molecule has 0 heterocycles. The summed E-state index contributed by atoms with van der Waals surface area (Å²) >= 11 is 3.47. The van der Waals surface area contributed by atoms with Crippen LogP contribution in [0.1, 0.15) is 44.1 Å². The molecule has 2 saturated carbocycles. The number of aliphatic carboxylic acids is 1. The van der Waals surface area contributed by atoms with Crippen LogP contribution in [0.15, 0.2) is 28.7 Å². The molecule has 0 spiro atoms. The molecule has 0 saturated heterocycles. The van der Waals surface area contributed by atoms with Crippen molar-refractivity contribution in [2.24, 2.45) is 5.92 Å². The molecule has 1 aromatic rings. The molecule has 0 radical (unpaired) electrons. The van der Waals surface area contributed by atoms with Gasteiger partial charge in [-0.3, -0.25) is 4.79 Å². The smallest absolute Gasteiger partial charge is 0.315 e. The van der Waals surface area contributed by atoms with Crippen molar-refractivity contribution in [3.63, 3.8) is 0 Å². The predicted molar refractivity (Wildman–Crippen MR) is 90.1 cm³/mol. The van der Waals surface area contributed by atoms with Crippen LogP contribution in [0.3, 0.4) is 0 Å². The van der Waals surface area contributed by atoms with Gasteiger partial charge in [-0.25, -0.2) is 4.79 Å². The Labute approximate surface area is 144 Å². The van der Waals surface area contributed by atoms with Crippen LogP contribution >= 0.6 is 15.9 Å². The summed E-state index contributed by atoms with van der Waals surface area (Å²) < 4.78 is 1.01. The Morgan fingerprint density at radius 1 is 1.17 bits per heavy atom. The summed E-state index contributed by atoms with van der Waals surface area (Å²) in [6.45, 7) is 0. The number of amides is 2. The summed E-state index contributed by atoms with van der Waals surface area (Å²) in [5, 5.41) is 15.1. The molecule has 0 atom stereocenters. The molecule has 2 amide bonds. The average molecular weight is 381 g/mol. The lowest BCUT2D eigenvalue weighted by atomic mass is 9.86. The van der Waals surface area contributed by atoms with Gasteiger partial charge in [-0.05, 0) is 56.2 Å². The van der Waals surface area contributed by atoms with E-state index >= 15 is 0 Å². The van der Waals surface area contributed by atoms with Crippen LogP contribution in [0.25, 0.3) is 0 Å². The first-order valence-electron chi connectivity index (χ1n) is 8.06. The van der Waals surface area contributed by atoms with Crippen molar-refractivity contribution in [2.45, 2.75) is 50.1 Å². The SMILES string of the molecule is O=C(NC1CCC(C(=O)O)CC1)NC1(c2cccc(Br)c2)CC1. The van der Waals surface area contributed by atoms with Crippen LogP contribution in [0.5, 0.6) is 0 Å². The molecule has 0 aromatic heterocycles. The molecule has 3 rings (SSSR count). The summed E-state index contributed by atoms with van der Waals surface area (Å²) in [6, 6.07) is 7.96. The third-order valence-corrected chi connectivity index (χ3v) is 5.38. The molecule has 1 aromatic carbocycles. The first-order valence-corrected chi connectivity index (χ1v) is 8.85. The number of carboxylic acids is 1. The molecule has 2 fully saturated rings. The molecule has 6 heteroatoms. The second-order valence-corrected chi connectivity index (χ2v) is 7.49. The Balaban J connectivity index is 1.53. The van der Waals surface area contributed by atoms with E-state index in [-0.39, 0.29) is 23.5 Å². The van der Waals surface area contributed by atoms with Crippen LogP contribution in [0, 0.1) is 5.92 Å². The third-order valence-electron chi connectivity index (χ3n) is 4.89. The Kier molecular flexibility index (Phi) is 4.62. The number of nitrogens with one attached hydrogen (secondary N) is 2. The third kappa shape index (κ3) is 3.86. The van der Waals surface area contributed by atoms with E-state index in [1.165, 1.54) is 0 Å². The Morgan fingerprint density at radius 2 is 1.87 bits per heavy atom. The number of hydrogen-bond acceptors (Lipinski definition) is 2. The van der Waals surface area contributed by atoms with Crippen LogP contribution in [-0.2, 0) is 10.3 Å². The zero-order valence-corrected chi connectivity index (χ0v) is 14.4.